The first-order chi connectivity index (χ1) is 9.08. The number of amides is 1. The maximum absolute atomic E-state index is 11.8. The van der Waals surface area contributed by atoms with Gasteiger partial charge in [-0.05, 0) is 12.1 Å². The Morgan fingerprint density at radius 3 is 2.42 bits per heavy atom. The summed E-state index contributed by atoms with van der Waals surface area (Å²) >= 11 is 0. The standard InChI is InChI=1S/C12H9N3O4/c16-6-4-9(17)15(5-6)8-3-1-2-7-10(8)12(19)14-13-11(7)18/h1-3H,4-5H2,(H,13,18)(H,14,19). The van der Waals surface area contributed by atoms with E-state index in [9.17, 15) is 19.2 Å². The molecule has 96 valence electrons. The molecule has 1 aliphatic rings. The van der Waals surface area contributed by atoms with Crippen molar-refractivity contribution in [3.63, 3.8) is 0 Å². The van der Waals surface area contributed by atoms with Gasteiger partial charge in [-0.15, -0.1) is 0 Å². The minimum Gasteiger partial charge on any atom is -0.304 e. The van der Waals surface area contributed by atoms with Crippen molar-refractivity contribution in [2.24, 2.45) is 0 Å². The number of ketones is 1. The van der Waals surface area contributed by atoms with Gasteiger partial charge in [0.05, 0.1) is 29.4 Å². The van der Waals surface area contributed by atoms with E-state index >= 15 is 0 Å². The van der Waals surface area contributed by atoms with Crippen LogP contribution in [-0.2, 0) is 9.59 Å². The maximum Gasteiger partial charge on any atom is 0.272 e. The molecule has 0 spiro atoms. The van der Waals surface area contributed by atoms with Crippen molar-refractivity contribution in [2.45, 2.75) is 6.42 Å². The topological polar surface area (TPSA) is 103 Å². The predicted molar refractivity (Wildman–Crippen MR) is 67.2 cm³/mol. The molecule has 2 N–H and O–H groups in total. The Hall–Kier alpha value is -2.70. The molecule has 1 amide bonds. The number of hydrogen-bond donors (Lipinski definition) is 2. The van der Waals surface area contributed by atoms with E-state index in [2.05, 4.69) is 10.2 Å². The Morgan fingerprint density at radius 2 is 1.74 bits per heavy atom. The van der Waals surface area contributed by atoms with Gasteiger partial charge in [0.25, 0.3) is 11.1 Å². The number of fused-ring (bicyclic) bond motifs is 1. The summed E-state index contributed by atoms with van der Waals surface area (Å²) in [5, 5.41) is 4.74. The molecule has 1 aromatic heterocycles. The number of benzene rings is 1. The molecule has 0 aliphatic carbocycles. The summed E-state index contributed by atoms with van der Waals surface area (Å²) in [6, 6.07) is 4.62. The molecule has 0 radical (unpaired) electrons. The van der Waals surface area contributed by atoms with Crippen LogP contribution in [-0.4, -0.2) is 28.4 Å². The van der Waals surface area contributed by atoms with Gasteiger partial charge in [0.2, 0.25) is 5.91 Å². The van der Waals surface area contributed by atoms with Gasteiger partial charge >= 0.3 is 0 Å². The zero-order chi connectivity index (χ0) is 13.6. The number of nitrogens with one attached hydrogen (secondary N) is 2. The van der Waals surface area contributed by atoms with Crippen molar-refractivity contribution in [3.05, 3.63) is 38.9 Å². The van der Waals surface area contributed by atoms with E-state index in [1.165, 1.54) is 11.0 Å². The molecule has 1 aliphatic heterocycles. The summed E-state index contributed by atoms with van der Waals surface area (Å²) < 4.78 is 0. The highest BCUT2D eigenvalue weighted by Crippen LogP contribution is 2.25. The highest BCUT2D eigenvalue weighted by molar-refractivity contribution is 6.17. The predicted octanol–water partition coefficient (Wildman–Crippen LogP) is -0.478. The van der Waals surface area contributed by atoms with Crippen LogP contribution >= 0.6 is 0 Å². The maximum atomic E-state index is 11.8. The highest BCUT2D eigenvalue weighted by atomic mass is 16.2. The number of nitrogens with zero attached hydrogens (tertiary/aromatic N) is 1. The van der Waals surface area contributed by atoms with E-state index in [0.29, 0.717) is 5.69 Å². The van der Waals surface area contributed by atoms with E-state index in [-0.39, 0.29) is 35.4 Å². The highest BCUT2D eigenvalue weighted by Gasteiger charge is 2.30. The SMILES string of the molecule is O=C1CC(=O)N(c2cccc3c(=O)[nH][nH]c(=O)c23)C1. The number of H-pyrrole nitrogens is 2. The molecule has 7 nitrogen and oxygen atoms in total. The van der Waals surface area contributed by atoms with Gasteiger partial charge in [0, 0.05) is 0 Å². The molecule has 7 heteroatoms. The van der Waals surface area contributed by atoms with E-state index in [4.69, 9.17) is 0 Å². The van der Waals surface area contributed by atoms with Crippen LogP contribution < -0.4 is 16.0 Å². The third-order valence-corrected chi connectivity index (χ3v) is 3.08. The monoisotopic (exact) mass is 259 g/mol. The average molecular weight is 259 g/mol. The smallest absolute Gasteiger partial charge is 0.272 e. The Kier molecular flexibility index (Phi) is 2.34. The fourth-order valence-electron chi connectivity index (χ4n) is 2.24. The minimum absolute atomic E-state index is 0.0653. The van der Waals surface area contributed by atoms with Crippen molar-refractivity contribution in [2.75, 3.05) is 11.4 Å². The molecule has 0 unspecified atom stereocenters. The molecule has 0 atom stereocenters. The van der Waals surface area contributed by atoms with E-state index in [0.717, 1.165) is 0 Å². The lowest BCUT2D eigenvalue weighted by Crippen LogP contribution is -2.28. The number of carbonyl (C=O) groups excluding carboxylic acids is 2. The van der Waals surface area contributed by atoms with Crippen molar-refractivity contribution >= 4 is 28.2 Å². The van der Waals surface area contributed by atoms with Gasteiger partial charge in [-0.3, -0.25) is 29.4 Å². The molecule has 0 bridgehead atoms. The third kappa shape index (κ3) is 1.67. The number of hydrogen-bond acceptors (Lipinski definition) is 4. The largest absolute Gasteiger partial charge is 0.304 e. The van der Waals surface area contributed by atoms with Crippen molar-refractivity contribution in [3.8, 4) is 0 Å². The quantitative estimate of drug-likeness (QED) is 0.675. The summed E-state index contributed by atoms with van der Waals surface area (Å²) in [6.45, 7) is -0.0653. The van der Waals surface area contributed by atoms with Crippen LogP contribution in [0.1, 0.15) is 6.42 Å². The number of aromatic amines is 2. The van der Waals surface area contributed by atoms with Crippen LogP contribution in [0, 0.1) is 0 Å². The second-order valence-corrected chi connectivity index (χ2v) is 4.30. The number of Topliss-reactive ketones (excluding diaryl/α,β-unsaturated/α-hetero) is 1. The van der Waals surface area contributed by atoms with E-state index in [1.807, 2.05) is 0 Å². The first kappa shape index (κ1) is 11.4. The second-order valence-electron chi connectivity index (χ2n) is 4.30. The van der Waals surface area contributed by atoms with Crippen LogP contribution in [0.15, 0.2) is 27.8 Å². The van der Waals surface area contributed by atoms with Gasteiger partial charge in [0.15, 0.2) is 5.78 Å². The lowest BCUT2D eigenvalue weighted by Gasteiger charge is -2.16. The molecule has 0 saturated carbocycles. The zero-order valence-electron chi connectivity index (χ0n) is 9.73. The number of carbonyl (C=O) groups is 2. The first-order valence-corrected chi connectivity index (χ1v) is 5.63. The summed E-state index contributed by atoms with van der Waals surface area (Å²) in [7, 11) is 0. The number of anilines is 1. The van der Waals surface area contributed by atoms with Gasteiger partial charge in [-0.2, -0.15) is 0 Å². The molecule has 2 aromatic rings. The molecular formula is C12H9N3O4. The second kappa shape index (κ2) is 3.91. The van der Waals surface area contributed by atoms with Crippen molar-refractivity contribution in [1.29, 1.82) is 0 Å². The van der Waals surface area contributed by atoms with Crippen LogP contribution in [0.2, 0.25) is 0 Å². The normalized spacial score (nSPS) is 15.5. The molecule has 1 aromatic carbocycles. The molecule has 2 heterocycles. The van der Waals surface area contributed by atoms with Gasteiger partial charge in [0.1, 0.15) is 0 Å². The summed E-state index contributed by atoms with van der Waals surface area (Å²) in [4.78, 5) is 47.8. The molecule has 19 heavy (non-hydrogen) atoms. The third-order valence-electron chi connectivity index (χ3n) is 3.08. The van der Waals surface area contributed by atoms with Gasteiger partial charge < -0.3 is 4.90 Å². The van der Waals surface area contributed by atoms with Crippen LogP contribution in [0.5, 0.6) is 0 Å². The lowest BCUT2D eigenvalue weighted by atomic mass is 10.1. The Balaban J connectivity index is 2.34. The van der Waals surface area contributed by atoms with Crippen molar-refractivity contribution < 1.29 is 9.59 Å². The fraction of sp³-hybridized carbons (Fsp3) is 0.167. The average Bonchev–Trinajstić information content (AvgIpc) is 2.72. The van der Waals surface area contributed by atoms with Crippen LogP contribution in [0.3, 0.4) is 0 Å². The summed E-state index contributed by atoms with van der Waals surface area (Å²) in [5.74, 6) is -0.569. The molecule has 1 saturated heterocycles. The minimum atomic E-state index is -0.502. The molecular weight excluding hydrogens is 250 g/mol. The van der Waals surface area contributed by atoms with Crippen LogP contribution in [0.25, 0.3) is 10.8 Å². The number of aromatic nitrogens is 2. The first-order valence-electron chi connectivity index (χ1n) is 5.63. The van der Waals surface area contributed by atoms with Gasteiger partial charge in [-0.1, -0.05) is 6.07 Å². The Labute approximate surface area is 105 Å². The summed E-state index contributed by atoms with van der Waals surface area (Å²) in [6.07, 6.45) is -0.169. The Morgan fingerprint density at radius 1 is 1.00 bits per heavy atom. The summed E-state index contributed by atoms with van der Waals surface area (Å²) in [5.41, 5.74) is -0.660. The molecule has 3 rings (SSSR count). The van der Waals surface area contributed by atoms with E-state index < -0.39 is 11.1 Å². The van der Waals surface area contributed by atoms with Crippen molar-refractivity contribution in [1.82, 2.24) is 10.2 Å². The van der Waals surface area contributed by atoms with E-state index in [1.54, 1.807) is 12.1 Å². The number of rotatable bonds is 1. The lowest BCUT2D eigenvalue weighted by molar-refractivity contribution is -0.121. The Bertz CT molecular complexity index is 818. The molecule has 1 fully saturated rings. The van der Waals surface area contributed by atoms with Gasteiger partial charge in [-0.25, -0.2) is 0 Å². The fourth-order valence-corrected chi connectivity index (χ4v) is 2.24. The van der Waals surface area contributed by atoms with Crippen LogP contribution in [0.4, 0.5) is 5.69 Å². The zero-order valence-corrected chi connectivity index (χ0v) is 9.73.